The highest BCUT2D eigenvalue weighted by Gasteiger charge is 2.19. The number of nitrogens with one attached hydrogen (secondary N) is 1. The fourth-order valence-electron chi connectivity index (χ4n) is 0.662. The summed E-state index contributed by atoms with van der Waals surface area (Å²) in [5.41, 5.74) is 0. The maximum atomic E-state index is 10.2. The van der Waals surface area contributed by atoms with Crippen LogP contribution in [0, 0.1) is 0 Å². The summed E-state index contributed by atoms with van der Waals surface area (Å²) in [6.07, 6.45) is 2.98. The van der Waals surface area contributed by atoms with E-state index >= 15 is 0 Å². The molecule has 0 radical (unpaired) electrons. The van der Waals surface area contributed by atoms with Gasteiger partial charge in [-0.1, -0.05) is 0 Å². The Morgan fingerprint density at radius 3 is 2.78 bits per heavy atom. The Morgan fingerprint density at radius 1 is 1.67 bits per heavy atom. The number of halogens is 1. The summed E-state index contributed by atoms with van der Waals surface area (Å²) in [5, 5.41) is 2.94. The summed E-state index contributed by atoms with van der Waals surface area (Å²) in [7, 11) is 0. The van der Waals surface area contributed by atoms with Crippen LogP contribution in [-0.4, -0.2) is 17.8 Å². The second-order valence-electron chi connectivity index (χ2n) is 2.33. The zero-order valence-corrected chi connectivity index (χ0v) is 5.95. The van der Waals surface area contributed by atoms with E-state index in [0.717, 1.165) is 6.54 Å². The van der Waals surface area contributed by atoms with E-state index < -0.39 is 0 Å². The van der Waals surface area contributed by atoms with Crippen LogP contribution in [0.5, 0.6) is 0 Å². The molecule has 0 aromatic heterocycles. The van der Waals surface area contributed by atoms with Crippen molar-refractivity contribution in [3.05, 3.63) is 0 Å². The molecule has 1 aliphatic rings. The molecule has 1 fully saturated rings. The van der Waals surface area contributed by atoms with Crippen molar-refractivity contribution in [1.82, 2.24) is 5.32 Å². The molecule has 0 aromatic rings. The fraction of sp³-hybridized carbons (Fsp3) is 0.833. The third-order valence-corrected chi connectivity index (χ3v) is 1.52. The Labute approximate surface area is 59.6 Å². The van der Waals surface area contributed by atoms with Gasteiger partial charge in [0.25, 0.3) is 0 Å². The topological polar surface area (TPSA) is 29.1 Å². The molecule has 0 heterocycles. The van der Waals surface area contributed by atoms with Crippen molar-refractivity contribution in [2.24, 2.45) is 0 Å². The highest BCUT2D eigenvalue weighted by Crippen LogP contribution is 2.18. The molecule has 1 rings (SSSR count). The molecule has 9 heavy (non-hydrogen) atoms. The lowest BCUT2D eigenvalue weighted by Gasteiger charge is -1.96. The summed E-state index contributed by atoms with van der Waals surface area (Å²) in [6, 6.07) is 0.681. The third kappa shape index (κ3) is 3.49. The quantitative estimate of drug-likeness (QED) is 0.599. The van der Waals surface area contributed by atoms with Crippen LogP contribution >= 0.6 is 11.6 Å². The largest absolute Gasteiger partial charge is 0.313 e. The maximum Gasteiger partial charge on any atom is 0.222 e. The molecule has 0 aromatic carbocycles. The Hall–Kier alpha value is -0.0800. The van der Waals surface area contributed by atoms with Crippen LogP contribution in [0.4, 0.5) is 0 Å². The first-order valence-electron chi connectivity index (χ1n) is 3.21. The zero-order chi connectivity index (χ0) is 6.69. The van der Waals surface area contributed by atoms with Gasteiger partial charge in [-0.2, -0.15) is 0 Å². The first-order chi connectivity index (χ1) is 4.29. The van der Waals surface area contributed by atoms with Gasteiger partial charge in [0.05, 0.1) is 0 Å². The lowest BCUT2D eigenvalue weighted by atomic mass is 10.4. The third-order valence-electron chi connectivity index (χ3n) is 1.33. The average Bonchev–Trinajstić information content (AvgIpc) is 2.48. The molecule has 0 atom stereocenters. The molecule has 0 saturated heterocycles. The molecule has 0 unspecified atom stereocenters. The van der Waals surface area contributed by atoms with Crippen molar-refractivity contribution in [1.29, 1.82) is 0 Å². The molecule has 1 N–H and O–H groups in total. The summed E-state index contributed by atoms with van der Waals surface area (Å²) in [4.78, 5) is 10.2. The number of carbonyl (C=O) groups excluding carboxylic acids is 1. The lowest BCUT2D eigenvalue weighted by Crippen LogP contribution is -2.18. The van der Waals surface area contributed by atoms with E-state index in [0.29, 0.717) is 12.5 Å². The van der Waals surface area contributed by atoms with Gasteiger partial charge in [-0.15, -0.1) is 0 Å². The Bertz CT molecular complexity index is 112. The second kappa shape index (κ2) is 3.18. The van der Waals surface area contributed by atoms with E-state index in [1.165, 1.54) is 12.8 Å². The van der Waals surface area contributed by atoms with Gasteiger partial charge >= 0.3 is 0 Å². The molecular formula is C6H10ClNO. The van der Waals surface area contributed by atoms with E-state index in [-0.39, 0.29) is 5.24 Å². The van der Waals surface area contributed by atoms with Crippen LogP contribution in [0.25, 0.3) is 0 Å². The molecule has 0 bridgehead atoms. The van der Waals surface area contributed by atoms with Crippen LogP contribution in [0.3, 0.4) is 0 Å². The summed E-state index contributed by atoms with van der Waals surface area (Å²) >= 11 is 5.10. The van der Waals surface area contributed by atoms with Crippen molar-refractivity contribution in [3.8, 4) is 0 Å². The minimum Gasteiger partial charge on any atom is -0.313 e. The highest BCUT2D eigenvalue weighted by molar-refractivity contribution is 6.63. The average molecular weight is 148 g/mol. The van der Waals surface area contributed by atoms with Crippen LogP contribution in [0.1, 0.15) is 19.3 Å². The minimum atomic E-state index is -0.247. The summed E-state index contributed by atoms with van der Waals surface area (Å²) in [5.74, 6) is 0. The van der Waals surface area contributed by atoms with Gasteiger partial charge < -0.3 is 5.32 Å². The first-order valence-corrected chi connectivity index (χ1v) is 3.58. The van der Waals surface area contributed by atoms with Gasteiger partial charge in [0.2, 0.25) is 5.24 Å². The SMILES string of the molecule is O=C(Cl)CCNC1CC1. The molecule has 0 amide bonds. The smallest absolute Gasteiger partial charge is 0.222 e. The summed E-state index contributed by atoms with van der Waals surface area (Å²) < 4.78 is 0. The molecule has 3 heteroatoms. The second-order valence-corrected chi connectivity index (χ2v) is 2.76. The fourth-order valence-corrected chi connectivity index (χ4v) is 0.757. The highest BCUT2D eigenvalue weighted by atomic mass is 35.5. The van der Waals surface area contributed by atoms with Crippen molar-refractivity contribution >= 4 is 16.8 Å². The summed E-state index contributed by atoms with van der Waals surface area (Å²) in [6.45, 7) is 0.743. The number of rotatable bonds is 4. The van der Waals surface area contributed by atoms with Crippen molar-refractivity contribution in [2.75, 3.05) is 6.54 Å². The predicted octanol–water partition coefficient (Wildman–Crippen LogP) is 0.894. The van der Waals surface area contributed by atoms with Gasteiger partial charge in [-0.3, -0.25) is 4.79 Å². The van der Waals surface area contributed by atoms with Gasteiger partial charge in [0.1, 0.15) is 0 Å². The van der Waals surface area contributed by atoms with Gasteiger partial charge in [0.15, 0.2) is 0 Å². The Balaban J connectivity index is 1.86. The van der Waals surface area contributed by atoms with E-state index in [1.54, 1.807) is 0 Å². The van der Waals surface area contributed by atoms with Crippen molar-refractivity contribution in [3.63, 3.8) is 0 Å². The van der Waals surface area contributed by atoms with E-state index in [9.17, 15) is 4.79 Å². The van der Waals surface area contributed by atoms with E-state index in [4.69, 9.17) is 11.6 Å². The normalized spacial score (nSPS) is 17.9. The molecule has 0 spiro atoms. The minimum absolute atomic E-state index is 0.247. The predicted molar refractivity (Wildman–Crippen MR) is 36.5 cm³/mol. The van der Waals surface area contributed by atoms with E-state index in [1.807, 2.05) is 0 Å². The van der Waals surface area contributed by atoms with Crippen molar-refractivity contribution in [2.45, 2.75) is 25.3 Å². The van der Waals surface area contributed by atoms with Crippen LogP contribution < -0.4 is 5.32 Å². The van der Waals surface area contributed by atoms with Crippen LogP contribution in [0.2, 0.25) is 0 Å². The van der Waals surface area contributed by atoms with E-state index in [2.05, 4.69) is 5.32 Å². The molecular weight excluding hydrogens is 138 g/mol. The maximum absolute atomic E-state index is 10.2. The van der Waals surface area contributed by atoms with Crippen LogP contribution in [-0.2, 0) is 4.79 Å². The zero-order valence-electron chi connectivity index (χ0n) is 5.19. The molecule has 1 saturated carbocycles. The molecule has 0 aliphatic heterocycles. The standard InChI is InChI=1S/C6H10ClNO/c7-6(9)3-4-8-5-1-2-5/h5,8H,1-4H2. The van der Waals surface area contributed by atoms with Gasteiger partial charge in [-0.25, -0.2) is 0 Å². The first kappa shape index (κ1) is 7.03. The molecule has 1 aliphatic carbocycles. The lowest BCUT2D eigenvalue weighted by molar-refractivity contribution is -0.111. The Morgan fingerprint density at radius 2 is 2.33 bits per heavy atom. The molecule has 52 valence electrons. The Kier molecular flexibility index (Phi) is 2.49. The number of hydrogen-bond donors (Lipinski definition) is 1. The van der Waals surface area contributed by atoms with Crippen LogP contribution in [0.15, 0.2) is 0 Å². The number of hydrogen-bond acceptors (Lipinski definition) is 2. The molecule has 2 nitrogen and oxygen atoms in total. The monoisotopic (exact) mass is 147 g/mol. The number of carbonyl (C=O) groups is 1. The van der Waals surface area contributed by atoms with Gasteiger partial charge in [0, 0.05) is 19.0 Å². The van der Waals surface area contributed by atoms with Gasteiger partial charge in [-0.05, 0) is 24.4 Å². The van der Waals surface area contributed by atoms with Crippen molar-refractivity contribution < 1.29 is 4.79 Å².